The molecule has 0 saturated carbocycles. The number of ether oxygens (including phenoxy) is 2. The molecule has 1 saturated heterocycles. The minimum Gasteiger partial charge on any atom is -0.489 e. The van der Waals surface area contributed by atoms with Crippen molar-refractivity contribution in [1.29, 1.82) is 0 Å². The van der Waals surface area contributed by atoms with Crippen LogP contribution in [0.5, 0.6) is 5.75 Å². The van der Waals surface area contributed by atoms with E-state index in [1.54, 1.807) is 7.05 Å². The van der Waals surface area contributed by atoms with Crippen LogP contribution in [0.2, 0.25) is 0 Å². The lowest BCUT2D eigenvalue weighted by Crippen LogP contribution is -2.44. The Balaban J connectivity index is 1.44. The summed E-state index contributed by atoms with van der Waals surface area (Å²) in [4.78, 5) is 4.31. The summed E-state index contributed by atoms with van der Waals surface area (Å²) in [5.41, 5.74) is 2.30. The van der Waals surface area contributed by atoms with Gasteiger partial charge < -0.3 is 25.2 Å². The zero-order valence-electron chi connectivity index (χ0n) is 17.1. The normalized spacial score (nSPS) is 19.2. The van der Waals surface area contributed by atoms with Gasteiger partial charge in [0.25, 0.3) is 0 Å². The minimum absolute atomic E-state index is 0.00717. The van der Waals surface area contributed by atoms with Crippen LogP contribution in [-0.4, -0.2) is 44.5 Å². The second-order valence-electron chi connectivity index (χ2n) is 7.47. The van der Waals surface area contributed by atoms with Gasteiger partial charge in [-0.2, -0.15) is 0 Å². The van der Waals surface area contributed by atoms with E-state index in [0.717, 1.165) is 43.3 Å². The zero-order chi connectivity index (χ0) is 20.4. The number of rotatable bonds is 9. The molecule has 0 spiro atoms. The predicted octanol–water partition coefficient (Wildman–Crippen LogP) is 2.72. The molecule has 6 nitrogen and oxygen atoms in total. The Labute approximate surface area is 173 Å². The van der Waals surface area contributed by atoms with Gasteiger partial charge in [-0.05, 0) is 36.1 Å². The average molecular weight is 398 g/mol. The first-order chi connectivity index (χ1) is 14.2. The highest BCUT2D eigenvalue weighted by molar-refractivity contribution is 5.79. The van der Waals surface area contributed by atoms with Crippen LogP contribution in [0.15, 0.2) is 59.6 Å². The van der Waals surface area contributed by atoms with E-state index in [0.29, 0.717) is 19.8 Å². The molecular formula is C23H31N3O3. The first-order valence-electron chi connectivity index (χ1n) is 10.1. The molecule has 3 N–H and O–H groups in total. The molecule has 3 rings (SSSR count). The lowest BCUT2D eigenvalue weighted by molar-refractivity contribution is 0.127. The molecule has 2 aromatic rings. The van der Waals surface area contributed by atoms with E-state index >= 15 is 0 Å². The van der Waals surface area contributed by atoms with Gasteiger partial charge >= 0.3 is 0 Å². The molecule has 156 valence electrons. The van der Waals surface area contributed by atoms with E-state index in [1.165, 1.54) is 5.56 Å². The van der Waals surface area contributed by atoms with Crippen molar-refractivity contribution < 1.29 is 14.6 Å². The molecule has 0 aromatic heterocycles. The van der Waals surface area contributed by atoms with E-state index in [9.17, 15) is 5.11 Å². The standard InChI is InChI=1S/C23H31N3O3/c1-24-22(26-17-23(11-13-27)12-14-28-18-23)25-15-19-7-9-20(10-8-19)16-29-21-5-3-2-4-6-21/h2-10,27H,11-18H2,1H3,(H2,24,25,26). The van der Waals surface area contributed by atoms with Crippen LogP contribution in [0.25, 0.3) is 0 Å². The van der Waals surface area contributed by atoms with Crippen molar-refractivity contribution >= 4 is 5.96 Å². The molecule has 1 atom stereocenters. The third-order valence-corrected chi connectivity index (χ3v) is 5.31. The topological polar surface area (TPSA) is 75.1 Å². The Morgan fingerprint density at radius 1 is 1.10 bits per heavy atom. The third-order valence-electron chi connectivity index (χ3n) is 5.31. The second kappa shape index (κ2) is 10.8. The van der Waals surface area contributed by atoms with Gasteiger partial charge in [-0.1, -0.05) is 42.5 Å². The lowest BCUT2D eigenvalue weighted by Gasteiger charge is -2.27. The van der Waals surface area contributed by atoms with E-state index < -0.39 is 0 Å². The van der Waals surface area contributed by atoms with Crippen molar-refractivity contribution in [2.24, 2.45) is 10.4 Å². The summed E-state index contributed by atoms with van der Waals surface area (Å²) < 4.78 is 11.3. The van der Waals surface area contributed by atoms with Gasteiger partial charge in [0.05, 0.1) is 6.61 Å². The lowest BCUT2D eigenvalue weighted by atomic mass is 9.84. The number of aliphatic hydroxyl groups excluding tert-OH is 1. The van der Waals surface area contributed by atoms with Crippen LogP contribution >= 0.6 is 0 Å². The second-order valence-corrected chi connectivity index (χ2v) is 7.47. The van der Waals surface area contributed by atoms with Crippen molar-refractivity contribution in [2.45, 2.75) is 26.0 Å². The van der Waals surface area contributed by atoms with Crippen molar-refractivity contribution in [3.63, 3.8) is 0 Å². The molecule has 1 unspecified atom stereocenters. The highest BCUT2D eigenvalue weighted by atomic mass is 16.5. The van der Waals surface area contributed by atoms with Crippen LogP contribution in [0, 0.1) is 5.41 Å². The number of aliphatic imine (C=N–C) groups is 1. The van der Waals surface area contributed by atoms with Crippen molar-refractivity contribution in [1.82, 2.24) is 10.6 Å². The fourth-order valence-electron chi connectivity index (χ4n) is 3.43. The Morgan fingerprint density at radius 2 is 1.86 bits per heavy atom. The SMILES string of the molecule is CN=C(NCc1ccc(COc2ccccc2)cc1)NCC1(CCO)CCOC1. The minimum atomic E-state index is -0.00717. The molecular weight excluding hydrogens is 366 g/mol. The Bertz CT molecular complexity index is 757. The largest absolute Gasteiger partial charge is 0.489 e. The van der Waals surface area contributed by atoms with Gasteiger partial charge in [-0.3, -0.25) is 4.99 Å². The average Bonchev–Trinajstić information content (AvgIpc) is 3.23. The smallest absolute Gasteiger partial charge is 0.191 e. The summed E-state index contributed by atoms with van der Waals surface area (Å²) in [6.07, 6.45) is 1.70. The molecule has 2 aromatic carbocycles. The van der Waals surface area contributed by atoms with Gasteiger partial charge in [-0.15, -0.1) is 0 Å². The van der Waals surface area contributed by atoms with Gasteiger partial charge in [0.1, 0.15) is 12.4 Å². The van der Waals surface area contributed by atoms with Gasteiger partial charge in [0, 0.05) is 38.8 Å². The molecule has 0 amide bonds. The third kappa shape index (κ3) is 6.48. The van der Waals surface area contributed by atoms with Gasteiger partial charge in [-0.25, -0.2) is 0 Å². The fourth-order valence-corrected chi connectivity index (χ4v) is 3.43. The molecule has 0 aliphatic carbocycles. The maximum atomic E-state index is 9.35. The van der Waals surface area contributed by atoms with E-state index in [1.807, 2.05) is 30.3 Å². The van der Waals surface area contributed by atoms with Crippen LogP contribution in [0.1, 0.15) is 24.0 Å². The molecule has 0 radical (unpaired) electrons. The Hall–Kier alpha value is -2.57. The fraction of sp³-hybridized carbons (Fsp3) is 0.435. The molecule has 1 aliphatic heterocycles. The van der Waals surface area contributed by atoms with Crippen molar-refractivity contribution in [3.8, 4) is 5.75 Å². The highest BCUT2D eigenvalue weighted by Gasteiger charge is 2.34. The summed E-state index contributed by atoms with van der Waals surface area (Å²) in [6, 6.07) is 18.2. The quantitative estimate of drug-likeness (QED) is 0.448. The molecule has 29 heavy (non-hydrogen) atoms. The molecule has 0 bridgehead atoms. The summed E-state index contributed by atoms with van der Waals surface area (Å²) in [5, 5.41) is 16.1. The first kappa shape index (κ1) is 21.1. The first-order valence-corrected chi connectivity index (χ1v) is 10.1. The number of hydrogen-bond donors (Lipinski definition) is 3. The van der Waals surface area contributed by atoms with Crippen LogP contribution in [0.4, 0.5) is 0 Å². The van der Waals surface area contributed by atoms with E-state index in [2.05, 4.69) is 39.9 Å². The zero-order valence-corrected chi connectivity index (χ0v) is 17.1. The number of guanidine groups is 1. The predicted molar refractivity (Wildman–Crippen MR) is 115 cm³/mol. The van der Waals surface area contributed by atoms with Crippen molar-refractivity contribution in [2.75, 3.05) is 33.4 Å². The highest BCUT2D eigenvalue weighted by Crippen LogP contribution is 2.31. The number of nitrogens with zero attached hydrogens (tertiary/aromatic N) is 1. The molecule has 1 aliphatic rings. The summed E-state index contributed by atoms with van der Waals surface area (Å²) in [7, 11) is 1.77. The van der Waals surface area contributed by atoms with Gasteiger partial charge in [0.15, 0.2) is 5.96 Å². The monoisotopic (exact) mass is 397 g/mol. The van der Waals surface area contributed by atoms with E-state index in [4.69, 9.17) is 9.47 Å². The maximum absolute atomic E-state index is 9.35. The Kier molecular flexibility index (Phi) is 7.90. The number of para-hydroxylation sites is 1. The van der Waals surface area contributed by atoms with Crippen LogP contribution in [-0.2, 0) is 17.9 Å². The van der Waals surface area contributed by atoms with Crippen molar-refractivity contribution in [3.05, 3.63) is 65.7 Å². The van der Waals surface area contributed by atoms with Crippen LogP contribution in [0.3, 0.4) is 0 Å². The summed E-state index contributed by atoms with van der Waals surface area (Å²) >= 11 is 0. The van der Waals surface area contributed by atoms with E-state index in [-0.39, 0.29) is 12.0 Å². The summed E-state index contributed by atoms with van der Waals surface area (Å²) in [6.45, 7) is 3.59. The number of hydrogen-bond acceptors (Lipinski definition) is 4. The summed E-state index contributed by atoms with van der Waals surface area (Å²) in [5.74, 6) is 1.63. The number of aliphatic hydroxyl groups is 1. The van der Waals surface area contributed by atoms with Gasteiger partial charge in [0.2, 0.25) is 0 Å². The number of benzene rings is 2. The molecule has 1 heterocycles. The Morgan fingerprint density at radius 3 is 2.52 bits per heavy atom. The number of nitrogens with one attached hydrogen (secondary N) is 2. The maximum Gasteiger partial charge on any atom is 0.191 e. The van der Waals surface area contributed by atoms with Crippen LogP contribution < -0.4 is 15.4 Å². The molecule has 1 fully saturated rings. The molecule has 6 heteroatoms.